The first-order valence-corrected chi connectivity index (χ1v) is 4.12. The fourth-order valence-electron chi connectivity index (χ4n) is 1.34. The Bertz CT molecular complexity index is 242. The summed E-state index contributed by atoms with van der Waals surface area (Å²) >= 11 is 0. The molecule has 1 aliphatic heterocycles. The summed E-state index contributed by atoms with van der Waals surface area (Å²) in [6.45, 7) is 1.81. The van der Waals surface area contributed by atoms with Crippen LogP contribution in [-0.2, 0) is 0 Å². The van der Waals surface area contributed by atoms with Gasteiger partial charge in [0.1, 0.15) is 0 Å². The molecule has 1 saturated heterocycles. The highest BCUT2D eigenvalue weighted by Gasteiger charge is 2.25. The molecule has 0 aromatic rings. The van der Waals surface area contributed by atoms with Gasteiger partial charge in [-0.05, 0) is 0 Å². The Balaban J connectivity index is 2.39. The molecule has 0 spiro atoms. The second-order valence-electron chi connectivity index (χ2n) is 2.96. The summed E-state index contributed by atoms with van der Waals surface area (Å²) < 4.78 is 13.2. The number of piperazine rings is 1. The van der Waals surface area contributed by atoms with Crippen LogP contribution in [-0.4, -0.2) is 48.8 Å². The van der Waals surface area contributed by atoms with Crippen LogP contribution in [0.4, 0.5) is 4.39 Å². The zero-order chi connectivity index (χ0) is 9.68. The Morgan fingerprint density at radius 1 is 1.23 bits per heavy atom. The number of alkyl halides is 1. The van der Waals surface area contributed by atoms with Gasteiger partial charge in [-0.15, -0.1) is 0 Å². The van der Waals surface area contributed by atoms with Crippen LogP contribution in [0.1, 0.15) is 0 Å². The zero-order valence-corrected chi connectivity index (χ0v) is 7.28. The molecule has 0 N–H and O–H groups in total. The van der Waals surface area contributed by atoms with E-state index < -0.39 is 6.30 Å². The van der Waals surface area contributed by atoms with Gasteiger partial charge >= 0.3 is 0 Å². The van der Waals surface area contributed by atoms with Crippen molar-refractivity contribution in [2.75, 3.05) is 32.7 Å². The van der Waals surface area contributed by atoms with Crippen LogP contribution < -0.4 is 0 Å². The summed E-state index contributed by atoms with van der Waals surface area (Å²) in [7, 11) is 0. The molecule has 1 rings (SSSR count). The Labute approximate surface area is 76.8 Å². The first-order valence-electron chi connectivity index (χ1n) is 4.12. The van der Waals surface area contributed by atoms with E-state index in [1.54, 1.807) is 4.90 Å². The van der Waals surface area contributed by atoms with Crippen LogP contribution in [0.2, 0.25) is 0 Å². The minimum atomic E-state index is -1.11. The van der Waals surface area contributed by atoms with Crippen molar-refractivity contribution < 1.29 is 4.39 Å². The average molecular weight is 182 g/mol. The van der Waals surface area contributed by atoms with Crippen molar-refractivity contribution in [3.63, 3.8) is 0 Å². The van der Waals surface area contributed by atoms with E-state index in [1.807, 2.05) is 12.1 Å². The Hall–Kier alpha value is -1.17. The molecule has 0 saturated carbocycles. The van der Waals surface area contributed by atoms with Crippen LogP contribution in [0.15, 0.2) is 0 Å². The van der Waals surface area contributed by atoms with E-state index >= 15 is 0 Å². The van der Waals surface area contributed by atoms with E-state index in [0.29, 0.717) is 13.1 Å². The van der Waals surface area contributed by atoms with Gasteiger partial charge in [0, 0.05) is 19.6 Å². The lowest BCUT2D eigenvalue weighted by molar-refractivity contribution is 0.0141. The quantitative estimate of drug-likeness (QED) is 0.443. The molecular weight excluding hydrogens is 171 g/mol. The van der Waals surface area contributed by atoms with Crippen molar-refractivity contribution >= 4 is 0 Å². The minimum Gasteiger partial charge on any atom is -0.285 e. The Morgan fingerprint density at radius 3 is 2.46 bits per heavy atom. The molecule has 0 aromatic heterocycles. The predicted molar refractivity (Wildman–Crippen MR) is 44.1 cm³/mol. The molecule has 0 aliphatic carbocycles. The van der Waals surface area contributed by atoms with E-state index in [9.17, 15) is 4.39 Å². The zero-order valence-electron chi connectivity index (χ0n) is 7.28. The lowest BCUT2D eigenvalue weighted by Gasteiger charge is -2.34. The highest BCUT2D eigenvalue weighted by Crippen LogP contribution is 2.09. The maximum Gasteiger partial charge on any atom is 0.167 e. The van der Waals surface area contributed by atoms with Crippen LogP contribution in [0.25, 0.3) is 0 Å². The minimum absolute atomic E-state index is 0.127. The molecule has 13 heavy (non-hydrogen) atoms. The van der Waals surface area contributed by atoms with Gasteiger partial charge in [-0.3, -0.25) is 9.80 Å². The number of nitriles is 2. The van der Waals surface area contributed by atoms with Gasteiger partial charge in [0.05, 0.1) is 25.2 Å². The number of rotatable bonds is 2. The maximum absolute atomic E-state index is 13.2. The average Bonchev–Trinajstić information content (AvgIpc) is 2.10. The lowest BCUT2D eigenvalue weighted by Crippen LogP contribution is -2.51. The molecular formula is C8H11FN4. The van der Waals surface area contributed by atoms with Crippen molar-refractivity contribution in [2.24, 2.45) is 0 Å². The lowest BCUT2D eigenvalue weighted by atomic mass is 10.3. The maximum atomic E-state index is 13.2. The molecule has 1 fully saturated rings. The summed E-state index contributed by atoms with van der Waals surface area (Å²) in [6, 6.07) is 3.90. The number of nitrogens with zero attached hydrogens (tertiary/aromatic N) is 4. The molecule has 70 valence electrons. The smallest absolute Gasteiger partial charge is 0.167 e. The summed E-state index contributed by atoms with van der Waals surface area (Å²) in [5.41, 5.74) is 0. The van der Waals surface area contributed by atoms with E-state index in [1.165, 1.54) is 4.90 Å². The monoisotopic (exact) mass is 182 g/mol. The molecule has 1 atom stereocenters. The van der Waals surface area contributed by atoms with Crippen molar-refractivity contribution in [3.05, 3.63) is 0 Å². The van der Waals surface area contributed by atoms with Gasteiger partial charge in [-0.2, -0.15) is 10.5 Å². The Morgan fingerprint density at radius 2 is 1.92 bits per heavy atom. The highest BCUT2D eigenvalue weighted by molar-refractivity contribution is 4.86. The van der Waals surface area contributed by atoms with Crippen molar-refractivity contribution in [3.8, 4) is 12.1 Å². The molecule has 1 unspecified atom stereocenters. The van der Waals surface area contributed by atoms with Crippen LogP contribution in [0, 0.1) is 22.7 Å². The number of hydrogen-bond acceptors (Lipinski definition) is 4. The van der Waals surface area contributed by atoms with E-state index in [0.717, 1.165) is 0 Å². The predicted octanol–water partition coefficient (Wildman–Crippen LogP) is -0.0532. The van der Waals surface area contributed by atoms with Crippen molar-refractivity contribution in [2.45, 2.75) is 6.30 Å². The molecule has 4 nitrogen and oxygen atoms in total. The van der Waals surface area contributed by atoms with Gasteiger partial charge < -0.3 is 0 Å². The second kappa shape index (κ2) is 4.76. The standard InChI is InChI=1S/C8H11FN4/c9-8-7-12(3-1-10)5-6-13(8)4-2-11/h8H,3-7H2. The van der Waals surface area contributed by atoms with E-state index in [2.05, 4.69) is 0 Å². The van der Waals surface area contributed by atoms with Gasteiger partial charge in [-0.25, -0.2) is 4.39 Å². The van der Waals surface area contributed by atoms with Gasteiger partial charge in [0.2, 0.25) is 0 Å². The second-order valence-corrected chi connectivity index (χ2v) is 2.96. The van der Waals surface area contributed by atoms with Crippen molar-refractivity contribution in [1.82, 2.24) is 9.80 Å². The van der Waals surface area contributed by atoms with Crippen LogP contribution in [0.5, 0.6) is 0 Å². The first kappa shape index (κ1) is 9.91. The van der Waals surface area contributed by atoms with Gasteiger partial charge in [0.25, 0.3) is 0 Å². The topological polar surface area (TPSA) is 54.1 Å². The normalized spacial score (nSPS) is 25.0. The molecule has 5 heteroatoms. The molecule has 0 amide bonds. The molecule has 1 heterocycles. The summed E-state index contributed by atoms with van der Waals surface area (Å²) in [5, 5.41) is 16.8. The van der Waals surface area contributed by atoms with E-state index in [4.69, 9.17) is 10.5 Å². The Kier molecular flexibility index (Phi) is 3.63. The molecule has 0 bridgehead atoms. The SMILES string of the molecule is N#CCN1CCN(CC#N)C(F)C1. The van der Waals surface area contributed by atoms with Crippen LogP contribution in [0.3, 0.4) is 0 Å². The van der Waals surface area contributed by atoms with Gasteiger partial charge in [-0.1, -0.05) is 0 Å². The van der Waals surface area contributed by atoms with E-state index in [-0.39, 0.29) is 19.6 Å². The fraction of sp³-hybridized carbons (Fsp3) is 0.750. The number of halogens is 1. The summed E-state index contributed by atoms with van der Waals surface area (Å²) in [5.74, 6) is 0. The summed E-state index contributed by atoms with van der Waals surface area (Å²) in [6.07, 6.45) is -1.11. The largest absolute Gasteiger partial charge is 0.285 e. The fourth-order valence-corrected chi connectivity index (χ4v) is 1.34. The van der Waals surface area contributed by atoms with Crippen molar-refractivity contribution in [1.29, 1.82) is 10.5 Å². The third-order valence-corrected chi connectivity index (χ3v) is 2.08. The summed E-state index contributed by atoms with van der Waals surface area (Å²) in [4.78, 5) is 3.23. The third-order valence-electron chi connectivity index (χ3n) is 2.08. The number of hydrogen-bond donors (Lipinski definition) is 0. The molecule has 1 aliphatic rings. The first-order chi connectivity index (χ1) is 6.27. The van der Waals surface area contributed by atoms with Gasteiger partial charge in [0.15, 0.2) is 6.30 Å². The molecule has 0 aromatic carbocycles. The van der Waals surface area contributed by atoms with Crippen LogP contribution >= 0.6 is 0 Å². The molecule has 0 radical (unpaired) electrons. The highest BCUT2D eigenvalue weighted by atomic mass is 19.1. The third kappa shape index (κ3) is 2.66.